The van der Waals surface area contributed by atoms with E-state index in [1.165, 1.54) is 0 Å². The summed E-state index contributed by atoms with van der Waals surface area (Å²) in [5, 5.41) is 10.1. The van der Waals surface area contributed by atoms with Gasteiger partial charge in [0.05, 0.1) is 12.2 Å². The molecular formula is C14H17NO3. The van der Waals surface area contributed by atoms with Crippen LogP contribution in [0.4, 0.5) is 0 Å². The standard InChI is InChI=1S/C14H17NO3/c1-3-15-8-10(9-18-4-2)13-11(14(16)17)6-5-7-12(13)15/h5-8H,3-4,9H2,1-2H3,(H,16,17). The SMILES string of the molecule is CCOCc1cn(CC)c2cccc(C(=O)O)c12. The fourth-order valence-electron chi connectivity index (χ4n) is 2.20. The highest BCUT2D eigenvalue weighted by Gasteiger charge is 2.15. The predicted octanol–water partition coefficient (Wildman–Crippen LogP) is 2.90. The van der Waals surface area contributed by atoms with Crippen molar-refractivity contribution in [2.24, 2.45) is 0 Å². The molecule has 0 aliphatic heterocycles. The lowest BCUT2D eigenvalue weighted by molar-refractivity contribution is 0.0699. The second kappa shape index (κ2) is 5.23. The Hall–Kier alpha value is -1.81. The van der Waals surface area contributed by atoms with Gasteiger partial charge in [-0.05, 0) is 26.0 Å². The van der Waals surface area contributed by atoms with Crippen LogP contribution in [0.5, 0.6) is 0 Å². The maximum absolute atomic E-state index is 11.3. The molecule has 4 nitrogen and oxygen atoms in total. The zero-order valence-electron chi connectivity index (χ0n) is 10.6. The second-order valence-corrected chi connectivity index (χ2v) is 4.08. The Labute approximate surface area is 106 Å². The fraction of sp³-hybridized carbons (Fsp3) is 0.357. The summed E-state index contributed by atoms with van der Waals surface area (Å²) in [6, 6.07) is 5.36. The number of aromatic nitrogens is 1. The first-order chi connectivity index (χ1) is 8.69. The zero-order chi connectivity index (χ0) is 13.1. The quantitative estimate of drug-likeness (QED) is 0.883. The summed E-state index contributed by atoms with van der Waals surface area (Å²) in [6.45, 7) is 5.85. The summed E-state index contributed by atoms with van der Waals surface area (Å²) >= 11 is 0. The summed E-state index contributed by atoms with van der Waals surface area (Å²) in [4.78, 5) is 11.3. The van der Waals surface area contributed by atoms with E-state index in [1.54, 1.807) is 12.1 Å². The predicted molar refractivity (Wildman–Crippen MR) is 69.9 cm³/mol. The topological polar surface area (TPSA) is 51.5 Å². The average molecular weight is 247 g/mol. The number of aryl methyl sites for hydroxylation is 1. The maximum Gasteiger partial charge on any atom is 0.336 e. The van der Waals surface area contributed by atoms with Crippen LogP contribution in [-0.2, 0) is 17.9 Å². The Morgan fingerprint density at radius 1 is 1.39 bits per heavy atom. The van der Waals surface area contributed by atoms with Crippen LogP contribution in [0.2, 0.25) is 0 Å². The molecule has 0 fully saturated rings. The lowest BCUT2D eigenvalue weighted by Gasteiger charge is -2.03. The summed E-state index contributed by atoms with van der Waals surface area (Å²) in [7, 11) is 0. The molecule has 18 heavy (non-hydrogen) atoms. The number of benzene rings is 1. The minimum absolute atomic E-state index is 0.342. The Bertz CT molecular complexity index is 572. The van der Waals surface area contributed by atoms with E-state index < -0.39 is 5.97 Å². The highest BCUT2D eigenvalue weighted by molar-refractivity contribution is 6.04. The molecule has 96 valence electrons. The van der Waals surface area contributed by atoms with Crippen molar-refractivity contribution in [3.05, 3.63) is 35.5 Å². The van der Waals surface area contributed by atoms with Crippen LogP contribution in [0.15, 0.2) is 24.4 Å². The van der Waals surface area contributed by atoms with Crippen LogP contribution >= 0.6 is 0 Å². The largest absolute Gasteiger partial charge is 0.478 e. The smallest absolute Gasteiger partial charge is 0.336 e. The van der Waals surface area contributed by atoms with E-state index in [1.807, 2.05) is 26.1 Å². The van der Waals surface area contributed by atoms with Crippen LogP contribution in [0.1, 0.15) is 29.8 Å². The summed E-state index contributed by atoms with van der Waals surface area (Å²) < 4.78 is 7.47. The summed E-state index contributed by atoms with van der Waals surface area (Å²) in [6.07, 6.45) is 1.98. The van der Waals surface area contributed by atoms with Gasteiger partial charge in [0.2, 0.25) is 0 Å². The minimum Gasteiger partial charge on any atom is -0.478 e. The van der Waals surface area contributed by atoms with E-state index in [0.29, 0.717) is 18.8 Å². The molecule has 1 N–H and O–H groups in total. The number of aromatic carboxylic acids is 1. The molecule has 0 atom stereocenters. The van der Waals surface area contributed by atoms with Crippen LogP contribution in [0.25, 0.3) is 10.9 Å². The molecule has 0 saturated heterocycles. The van der Waals surface area contributed by atoms with Gasteiger partial charge in [0.25, 0.3) is 0 Å². The van der Waals surface area contributed by atoms with Gasteiger partial charge >= 0.3 is 5.97 Å². The Morgan fingerprint density at radius 2 is 2.17 bits per heavy atom. The van der Waals surface area contributed by atoms with Gasteiger partial charge in [-0.1, -0.05) is 6.07 Å². The molecule has 1 aromatic heterocycles. The van der Waals surface area contributed by atoms with Crippen molar-refractivity contribution in [2.75, 3.05) is 6.61 Å². The Kier molecular flexibility index (Phi) is 3.67. The lowest BCUT2D eigenvalue weighted by Crippen LogP contribution is -1.99. The molecule has 0 aliphatic rings. The number of carboxylic acid groups (broad SMARTS) is 1. The molecule has 2 aromatic rings. The van der Waals surface area contributed by atoms with Crippen LogP contribution in [-0.4, -0.2) is 22.2 Å². The van der Waals surface area contributed by atoms with Crippen LogP contribution in [0.3, 0.4) is 0 Å². The van der Waals surface area contributed by atoms with Gasteiger partial charge in [-0.25, -0.2) is 4.79 Å². The third-order valence-corrected chi connectivity index (χ3v) is 3.02. The number of rotatable bonds is 5. The van der Waals surface area contributed by atoms with E-state index in [2.05, 4.69) is 4.57 Å². The molecule has 0 radical (unpaired) electrons. The van der Waals surface area contributed by atoms with Gasteiger partial charge in [-0.2, -0.15) is 0 Å². The maximum atomic E-state index is 11.3. The number of ether oxygens (including phenoxy) is 1. The molecule has 0 saturated carbocycles. The van der Waals surface area contributed by atoms with Gasteiger partial charge in [-0.15, -0.1) is 0 Å². The van der Waals surface area contributed by atoms with E-state index in [0.717, 1.165) is 23.0 Å². The first-order valence-corrected chi connectivity index (χ1v) is 6.10. The molecule has 4 heteroatoms. The van der Waals surface area contributed by atoms with Crippen molar-refractivity contribution in [3.8, 4) is 0 Å². The summed E-state index contributed by atoms with van der Waals surface area (Å²) in [5.74, 6) is -0.896. The van der Waals surface area contributed by atoms with Gasteiger partial charge in [-0.3, -0.25) is 0 Å². The van der Waals surface area contributed by atoms with Crippen LogP contribution < -0.4 is 0 Å². The van der Waals surface area contributed by atoms with Crippen molar-refractivity contribution in [3.63, 3.8) is 0 Å². The van der Waals surface area contributed by atoms with Crippen molar-refractivity contribution < 1.29 is 14.6 Å². The third kappa shape index (κ3) is 2.11. The highest BCUT2D eigenvalue weighted by atomic mass is 16.5. The first-order valence-electron chi connectivity index (χ1n) is 6.10. The molecule has 0 bridgehead atoms. The van der Waals surface area contributed by atoms with E-state index in [4.69, 9.17) is 4.74 Å². The number of fused-ring (bicyclic) bond motifs is 1. The molecule has 0 spiro atoms. The normalized spacial score (nSPS) is 11.0. The highest BCUT2D eigenvalue weighted by Crippen LogP contribution is 2.26. The second-order valence-electron chi connectivity index (χ2n) is 4.08. The number of hydrogen-bond donors (Lipinski definition) is 1. The van der Waals surface area contributed by atoms with Crippen molar-refractivity contribution in [1.29, 1.82) is 0 Å². The van der Waals surface area contributed by atoms with E-state index >= 15 is 0 Å². The molecular weight excluding hydrogens is 230 g/mol. The van der Waals surface area contributed by atoms with E-state index in [-0.39, 0.29) is 0 Å². The number of nitrogens with zero attached hydrogens (tertiary/aromatic N) is 1. The molecule has 2 rings (SSSR count). The number of carboxylic acids is 1. The van der Waals surface area contributed by atoms with Gasteiger partial charge in [0, 0.05) is 35.8 Å². The molecule has 0 aliphatic carbocycles. The molecule has 1 aromatic carbocycles. The first kappa shape index (κ1) is 12.6. The van der Waals surface area contributed by atoms with Gasteiger partial charge in [0.15, 0.2) is 0 Å². The lowest BCUT2D eigenvalue weighted by atomic mass is 10.1. The number of hydrogen-bond acceptors (Lipinski definition) is 2. The van der Waals surface area contributed by atoms with Gasteiger partial charge < -0.3 is 14.4 Å². The van der Waals surface area contributed by atoms with E-state index in [9.17, 15) is 9.90 Å². The molecule has 0 amide bonds. The van der Waals surface area contributed by atoms with Crippen LogP contribution in [0, 0.1) is 0 Å². The minimum atomic E-state index is -0.896. The van der Waals surface area contributed by atoms with Gasteiger partial charge in [0.1, 0.15) is 0 Å². The monoisotopic (exact) mass is 247 g/mol. The Morgan fingerprint density at radius 3 is 2.78 bits per heavy atom. The summed E-state index contributed by atoms with van der Waals surface area (Å²) in [5.41, 5.74) is 2.23. The van der Waals surface area contributed by atoms with Crippen molar-refractivity contribution in [2.45, 2.75) is 27.0 Å². The Balaban J connectivity index is 2.65. The molecule has 1 heterocycles. The number of carbonyl (C=O) groups is 1. The molecule has 0 unspecified atom stereocenters. The fourth-order valence-corrected chi connectivity index (χ4v) is 2.20. The third-order valence-electron chi connectivity index (χ3n) is 3.02. The van der Waals surface area contributed by atoms with Crippen molar-refractivity contribution in [1.82, 2.24) is 4.57 Å². The van der Waals surface area contributed by atoms with Crippen molar-refractivity contribution >= 4 is 16.9 Å². The zero-order valence-corrected chi connectivity index (χ0v) is 10.6. The average Bonchev–Trinajstić information content (AvgIpc) is 2.74.